The largest absolute Gasteiger partial charge is 0.320 e. The Kier molecular flexibility index (Phi) is 4.97. The molecule has 0 aliphatic rings. The van der Waals surface area contributed by atoms with Gasteiger partial charge >= 0.3 is 0 Å². The van der Waals surface area contributed by atoms with Crippen LogP contribution in [0.15, 0.2) is 41.2 Å². The fourth-order valence-electron chi connectivity index (χ4n) is 2.63. The van der Waals surface area contributed by atoms with E-state index in [0.29, 0.717) is 23.0 Å². The maximum Gasteiger partial charge on any atom is 0.276 e. The number of benzene rings is 1. The highest BCUT2D eigenvalue weighted by Gasteiger charge is 2.13. The van der Waals surface area contributed by atoms with E-state index in [9.17, 15) is 9.59 Å². The fraction of sp³-hybridized carbons (Fsp3) is 0.263. The number of H-pyrrole nitrogens is 2. The zero-order valence-corrected chi connectivity index (χ0v) is 15.0. The third kappa shape index (κ3) is 4.05. The molecule has 2 aromatic heterocycles. The number of nitrogens with one attached hydrogen (secondary N) is 3. The van der Waals surface area contributed by atoms with Gasteiger partial charge in [0, 0.05) is 23.0 Å². The maximum atomic E-state index is 12.5. The van der Waals surface area contributed by atoms with E-state index in [0.717, 1.165) is 23.2 Å². The fourth-order valence-corrected chi connectivity index (χ4v) is 2.63. The number of nitrogens with zero attached hydrogens (tertiary/aromatic N) is 2. The van der Waals surface area contributed by atoms with Crippen LogP contribution in [0.5, 0.6) is 0 Å². The van der Waals surface area contributed by atoms with Gasteiger partial charge < -0.3 is 5.32 Å². The summed E-state index contributed by atoms with van der Waals surface area (Å²) in [6.45, 7) is 6.13. The monoisotopic (exact) mass is 351 g/mol. The highest BCUT2D eigenvalue weighted by Crippen LogP contribution is 2.24. The minimum atomic E-state index is -0.272. The summed E-state index contributed by atoms with van der Waals surface area (Å²) in [5.41, 5.74) is 4.05. The molecule has 0 saturated heterocycles. The van der Waals surface area contributed by atoms with Gasteiger partial charge in [0.05, 0.1) is 5.69 Å². The third-order valence-electron chi connectivity index (χ3n) is 3.95. The van der Waals surface area contributed by atoms with Gasteiger partial charge in [-0.3, -0.25) is 14.7 Å². The van der Waals surface area contributed by atoms with Crippen LogP contribution >= 0.6 is 0 Å². The molecule has 0 aliphatic carbocycles. The molecule has 0 atom stereocenters. The summed E-state index contributed by atoms with van der Waals surface area (Å²) in [6, 6.07) is 10.4. The summed E-state index contributed by atoms with van der Waals surface area (Å²) in [5, 5.41) is 16.3. The summed E-state index contributed by atoms with van der Waals surface area (Å²) < 4.78 is 0. The van der Waals surface area contributed by atoms with E-state index in [1.165, 1.54) is 6.07 Å². The lowest BCUT2D eigenvalue weighted by Crippen LogP contribution is -2.13. The number of aryl methyl sites for hydroxylation is 1. The highest BCUT2D eigenvalue weighted by molar-refractivity contribution is 6.03. The molecule has 0 fully saturated rings. The molecule has 134 valence electrons. The van der Waals surface area contributed by atoms with Crippen molar-refractivity contribution in [3.63, 3.8) is 0 Å². The number of aromatic nitrogens is 4. The lowest BCUT2D eigenvalue weighted by Gasteiger charge is -2.09. The van der Waals surface area contributed by atoms with E-state index in [4.69, 9.17) is 0 Å². The molecule has 1 amide bonds. The summed E-state index contributed by atoms with van der Waals surface area (Å²) in [6.07, 6.45) is 0.840. The zero-order chi connectivity index (χ0) is 18.7. The van der Waals surface area contributed by atoms with Crippen LogP contribution in [0, 0.1) is 12.8 Å². The second kappa shape index (κ2) is 7.35. The molecule has 0 unspecified atom stereocenters. The molecule has 1 aromatic carbocycles. The predicted molar refractivity (Wildman–Crippen MR) is 100 cm³/mol. The third-order valence-corrected chi connectivity index (χ3v) is 3.95. The Morgan fingerprint density at radius 2 is 1.92 bits per heavy atom. The lowest BCUT2D eigenvalue weighted by atomic mass is 10.1. The van der Waals surface area contributed by atoms with Gasteiger partial charge in [-0.1, -0.05) is 26.0 Å². The van der Waals surface area contributed by atoms with Crippen molar-refractivity contribution >= 4 is 11.6 Å². The normalized spacial score (nSPS) is 10.9. The molecule has 26 heavy (non-hydrogen) atoms. The first kappa shape index (κ1) is 17.6. The Hall–Kier alpha value is -3.22. The van der Waals surface area contributed by atoms with Gasteiger partial charge in [0.1, 0.15) is 0 Å². The van der Waals surface area contributed by atoms with Gasteiger partial charge in [-0.15, -0.1) is 0 Å². The van der Waals surface area contributed by atoms with Crippen molar-refractivity contribution in [1.29, 1.82) is 0 Å². The summed E-state index contributed by atoms with van der Waals surface area (Å²) in [4.78, 5) is 23.7. The topological polar surface area (TPSA) is 104 Å². The minimum absolute atomic E-state index is 0.259. The second-order valence-electron chi connectivity index (χ2n) is 6.67. The molecule has 7 heteroatoms. The number of aromatic amines is 2. The van der Waals surface area contributed by atoms with E-state index in [1.807, 2.05) is 25.1 Å². The number of anilines is 1. The molecular weight excluding hydrogens is 330 g/mol. The molecule has 0 saturated carbocycles. The van der Waals surface area contributed by atoms with Crippen molar-refractivity contribution in [3.8, 4) is 11.3 Å². The van der Waals surface area contributed by atoms with Crippen molar-refractivity contribution in [1.82, 2.24) is 20.4 Å². The summed E-state index contributed by atoms with van der Waals surface area (Å²) in [7, 11) is 0. The zero-order valence-electron chi connectivity index (χ0n) is 15.0. The number of hydrogen-bond acceptors (Lipinski definition) is 4. The Morgan fingerprint density at radius 3 is 2.62 bits per heavy atom. The van der Waals surface area contributed by atoms with Gasteiger partial charge in [0.2, 0.25) is 0 Å². The number of carbonyl (C=O) groups is 1. The maximum absolute atomic E-state index is 12.5. The second-order valence-corrected chi connectivity index (χ2v) is 6.67. The standard InChI is InChI=1S/C19H21N5O2/c1-11(2)8-14-10-17(23-21-14)19(26)20-16-9-13(5-4-12(16)3)15-6-7-18(25)24-22-15/h4-7,9-11H,8H2,1-3H3,(H,20,26)(H,21,23)(H,24,25). The molecule has 0 aliphatic heterocycles. The van der Waals surface area contributed by atoms with E-state index >= 15 is 0 Å². The highest BCUT2D eigenvalue weighted by atomic mass is 16.2. The van der Waals surface area contributed by atoms with Crippen LogP contribution in [0.25, 0.3) is 11.3 Å². The minimum Gasteiger partial charge on any atom is -0.320 e. The molecule has 7 nitrogen and oxygen atoms in total. The van der Waals surface area contributed by atoms with E-state index in [-0.39, 0.29) is 11.5 Å². The number of carbonyl (C=O) groups excluding carboxylic acids is 1. The number of amides is 1. The SMILES string of the molecule is Cc1ccc(-c2ccc(=O)[nH]n2)cc1NC(=O)c1cc(CC(C)C)[nH]n1. The van der Waals surface area contributed by atoms with Crippen LogP contribution in [0.4, 0.5) is 5.69 Å². The Labute approximate surface area is 150 Å². The Morgan fingerprint density at radius 1 is 1.12 bits per heavy atom. The number of hydrogen-bond donors (Lipinski definition) is 3. The number of rotatable bonds is 5. The van der Waals surface area contributed by atoms with Crippen molar-refractivity contribution in [2.24, 2.45) is 5.92 Å². The summed E-state index contributed by atoms with van der Waals surface area (Å²) in [5.74, 6) is 0.209. The van der Waals surface area contributed by atoms with E-state index < -0.39 is 0 Å². The molecule has 3 N–H and O–H groups in total. The quantitative estimate of drug-likeness (QED) is 0.657. The molecule has 3 aromatic rings. The van der Waals surface area contributed by atoms with Crippen LogP contribution in [-0.2, 0) is 6.42 Å². The molecule has 3 rings (SSSR count). The lowest BCUT2D eigenvalue weighted by molar-refractivity contribution is 0.102. The predicted octanol–water partition coefficient (Wildman–Crippen LogP) is 2.92. The van der Waals surface area contributed by atoms with Gasteiger partial charge in [-0.05, 0) is 43.0 Å². The van der Waals surface area contributed by atoms with Crippen LogP contribution in [0.2, 0.25) is 0 Å². The van der Waals surface area contributed by atoms with Crippen molar-refractivity contribution in [3.05, 3.63) is 63.7 Å². The first-order valence-corrected chi connectivity index (χ1v) is 8.45. The van der Waals surface area contributed by atoms with Crippen LogP contribution in [0.1, 0.15) is 35.6 Å². The van der Waals surface area contributed by atoms with Crippen LogP contribution in [0.3, 0.4) is 0 Å². The van der Waals surface area contributed by atoms with Gasteiger partial charge in [-0.25, -0.2) is 5.10 Å². The van der Waals surface area contributed by atoms with Crippen molar-refractivity contribution in [2.45, 2.75) is 27.2 Å². The first-order valence-electron chi connectivity index (χ1n) is 8.45. The van der Waals surface area contributed by atoms with Crippen molar-refractivity contribution in [2.75, 3.05) is 5.32 Å². The van der Waals surface area contributed by atoms with Crippen molar-refractivity contribution < 1.29 is 4.79 Å². The van der Waals surface area contributed by atoms with E-state index in [1.54, 1.807) is 12.1 Å². The molecule has 0 bridgehead atoms. The smallest absolute Gasteiger partial charge is 0.276 e. The van der Waals surface area contributed by atoms with Gasteiger partial charge in [0.25, 0.3) is 11.5 Å². The molecule has 0 radical (unpaired) electrons. The average molecular weight is 351 g/mol. The van der Waals surface area contributed by atoms with Crippen LogP contribution in [-0.4, -0.2) is 26.3 Å². The Balaban J connectivity index is 1.81. The van der Waals surface area contributed by atoms with Crippen LogP contribution < -0.4 is 10.9 Å². The molecule has 0 spiro atoms. The Bertz CT molecular complexity index is 967. The van der Waals surface area contributed by atoms with Gasteiger partial charge in [0.15, 0.2) is 5.69 Å². The van der Waals surface area contributed by atoms with E-state index in [2.05, 4.69) is 39.6 Å². The van der Waals surface area contributed by atoms with Gasteiger partial charge in [-0.2, -0.15) is 10.2 Å². The molecular formula is C19H21N5O2. The molecule has 2 heterocycles. The average Bonchev–Trinajstić information content (AvgIpc) is 3.05. The first-order chi connectivity index (χ1) is 12.4. The summed E-state index contributed by atoms with van der Waals surface area (Å²) >= 11 is 0.